The van der Waals surface area contributed by atoms with Crippen LogP contribution < -0.4 is 10.9 Å². The topological polar surface area (TPSA) is 83.0 Å². The summed E-state index contributed by atoms with van der Waals surface area (Å²) >= 11 is 0. The molecule has 1 fully saturated rings. The zero-order chi connectivity index (χ0) is 21.9. The molecule has 3 heterocycles. The molecule has 1 amide bonds. The predicted octanol–water partition coefficient (Wildman–Crippen LogP) is 2.89. The molecular formula is C25H31N5O2. The van der Waals surface area contributed by atoms with Crippen molar-refractivity contribution in [1.82, 2.24) is 25.0 Å². The molecule has 0 saturated carbocycles. The Bertz CT molecular complexity index is 1160. The lowest BCUT2D eigenvalue weighted by Crippen LogP contribution is -2.48. The van der Waals surface area contributed by atoms with Crippen LogP contribution >= 0.6 is 0 Å². The van der Waals surface area contributed by atoms with Crippen molar-refractivity contribution in [2.45, 2.75) is 57.5 Å². The van der Waals surface area contributed by atoms with E-state index in [4.69, 9.17) is 0 Å². The Morgan fingerprint density at radius 3 is 2.94 bits per heavy atom. The molecule has 7 nitrogen and oxygen atoms in total. The average Bonchev–Trinajstić information content (AvgIpc) is 3.29. The monoisotopic (exact) mass is 433 g/mol. The predicted molar refractivity (Wildman–Crippen MR) is 125 cm³/mol. The van der Waals surface area contributed by atoms with E-state index in [0.717, 1.165) is 73.8 Å². The molecule has 7 heteroatoms. The van der Waals surface area contributed by atoms with Gasteiger partial charge in [0.2, 0.25) is 0 Å². The van der Waals surface area contributed by atoms with Gasteiger partial charge in [-0.05, 0) is 74.2 Å². The number of hydrogen-bond acceptors (Lipinski definition) is 4. The lowest BCUT2D eigenvalue weighted by atomic mass is 9.97. The van der Waals surface area contributed by atoms with Crippen molar-refractivity contribution < 1.29 is 4.79 Å². The summed E-state index contributed by atoms with van der Waals surface area (Å²) in [6, 6.07) is 9.82. The summed E-state index contributed by atoms with van der Waals surface area (Å²) in [7, 11) is 0. The number of hydrogen-bond donors (Lipinski definition) is 2. The Kier molecular flexibility index (Phi) is 6.08. The number of rotatable bonds is 6. The summed E-state index contributed by atoms with van der Waals surface area (Å²) in [5.74, 6) is -0.0420. The number of fused-ring (bicyclic) bond motifs is 2. The van der Waals surface area contributed by atoms with Crippen LogP contribution in [0.5, 0.6) is 0 Å². The summed E-state index contributed by atoms with van der Waals surface area (Å²) in [6.45, 7) is 2.99. The second-order valence-electron chi connectivity index (χ2n) is 9.06. The van der Waals surface area contributed by atoms with Gasteiger partial charge in [0.25, 0.3) is 11.5 Å². The van der Waals surface area contributed by atoms with Crippen LogP contribution in [0, 0.1) is 0 Å². The smallest absolute Gasteiger partial charge is 0.267 e. The van der Waals surface area contributed by atoms with E-state index < -0.39 is 0 Å². The molecule has 1 aliphatic heterocycles. The zero-order valence-corrected chi connectivity index (χ0v) is 18.5. The Labute approximate surface area is 187 Å². The molecule has 3 aromatic rings. The number of nitrogens with one attached hydrogen (secondary N) is 2. The van der Waals surface area contributed by atoms with Crippen LogP contribution in [-0.2, 0) is 19.4 Å². The zero-order valence-electron chi connectivity index (χ0n) is 18.5. The second kappa shape index (κ2) is 9.28. The van der Waals surface area contributed by atoms with Crippen LogP contribution in [0.25, 0.3) is 10.9 Å². The van der Waals surface area contributed by atoms with Crippen molar-refractivity contribution in [2.24, 2.45) is 0 Å². The third-order valence-corrected chi connectivity index (χ3v) is 6.94. The van der Waals surface area contributed by atoms with E-state index in [1.165, 1.54) is 6.42 Å². The third kappa shape index (κ3) is 4.48. The minimum atomic E-state index is -0.0420. The van der Waals surface area contributed by atoms with E-state index >= 15 is 0 Å². The van der Waals surface area contributed by atoms with Gasteiger partial charge < -0.3 is 10.3 Å². The summed E-state index contributed by atoms with van der Waals surface area (Å²) in [5.41, 5.74) is 3.88. The van der Waals surface area contributed by atoms with Crippen LogP contribution in [0.3, 0.4) is 0 Å². The van der Waals surface area contributed by atoms with Crippen LogP contribution in [0.2, 0.25) is 0 Å². The quantitative estimate of drug-likeness (QED) is 0.626. The fraction of sp³-hybridized carbons (Fsp3) is 0.480. The first-order valence-electron chi connectivity index (χ1n) is 11.9. The molecule has 0 radical (unpaired) electrons. The van der Waals surface area contributed by atoms with E-state index in [1.807, 2.05) is 30.5 Å². The minimum absolute atomic E-state index is 0.00669. The number of H-pyrrole nitrogens is 1. The SMILES string of the molecule is O=C(NCC1CCCCN1CCn1nc2c(cc1=O)CCCC2)c1ccc2cc[nH]c2c1. The lowest BCUT2D eigenvalue weighted by molar-refractivity contribution is 0.0909. The highest BCUT2D eigenvalue weighted by Crippen LogP contribution is 2.19. The summed E-state index contributed by atoms with van der Waals surface area (Å²) in [5, 5.41) is 8.89. The largest absolute Gasteiger partial charge is 0.361 e. The molecule has 1 aromatic carbocycles. The second-order valence-corrected chi connectivity index (χ2v) is 9.06. The summed E-state index contributed by atoms with van der Waals surface area (Å²) in [4.78, 5) is 30.8. The number of likely N-dealkylation sites (tertiary alicyclic amines) is 1. The maximum Gasteiger partial charge on any atom is 0.267 e. The van der Waals surface area contributed by atoms with Crippen molar-refractivity contribution in [3.8, 4) is 0 Å². The minimum Gasteiger partial charge on any atom is -0.361 e. The number of nitrogens with zero attached hydrogens (tertiary/aromatic N) is 3. The molecule has 1 aliphatic carbocycles. The molecule has 1 unspecified atom stereocenters. The maximum absolute atomic E-state index is 12.7. The number of carbonyl (C=O) groups is 1. The highest BCUT2D eigenvalue weighted by Gasteiger charge is 2.23. The number of amides is 1. The van der Waals surface area contributed by atoms with Crippen LogP contribution in [0.15, 0.2) is 41.3 Å². The van der Waals surface area contributed by atoms with Crippen molar-refractivity contribution in [1.29, 1.82) is 0 Å². The molecule has 2 N–H and O–H groups in total. The molecule has 1 atom stereocenters. The number of carbonyl (C=O) groups excluding carboxylic acids is 1. The normalized spacial score (nSPS) is 19.1. The van der Waals surface area contributed by atoms with Crippen LogP contribution in [0.1, 0.15) is 53.7 Å². The molecule has 32 heavy (non-hydrogen) atoms. The molecule has 1 saturated heterocycles. The lowest BCUT2D eigenvalue weighted by Gasteiger charge is -2.35. The van der Waals surface area contributed by atoms with E-state index in [9.17, 15) is 9.59 Å². The van der Waals surface area contributed by atoms with Crippen molar-refractivity contribution in [3.05, 3.63) is 63.7 Å². The number of aromatic nitrogens is 3. The van der Waals surface area contributed by atoms with Crippen LogP contribution in [0.4, 0.5) is 0 Å². The van der Waals surface area contributed by atoms with Gasteiger partial charge in [-0.3, -0.25) is 14.5 Å². The first-order chi connectivity index (χ1) is 15.7. The first kappa shape index (κ1) is 20.9. The highest BCUT2D eigenvalue weighted by atomic mass is 16.1. The van der Waals surface area contributed by atoms with Gasteiger partial charge in [0.1, 0.15) is 0 Å². The van der Waals surface area contributed by atoms with E-state index in [1.54, 1.807) is 10.7 Å². The number of piperidine rings is 1. The Balaban J connectivity index is 1.20. The van der Waals surface area contributed by atoms with E-state index in [-0.39, 0.29) is 17.5 Å². The summed E-state index contributed by atoms with van der Waals surface area (Å²) < 4.78 is 1.64. The van der Waals surface area contributed by atoms with Gasteiger partial charge >= 0.3 is 0 Å². The fourth-order valence-corrected chi connectivity index (χ4v) is 5.07. The van der Waals surface area contributed by atoms with E-state index in [0.29, 0.717) is 18.7 Å². The third-order valence-electron chi connectivity index (χ3n) is 6.94. The molecular weight excluding hydrogens is 402 g/mol. The van der Waals surface area contributed by atoms with Gasteiger partial charge in [0, 0.05) is 42.5 Å². The van der Waals surface area contributed by atoms with Gasteiger partial charge in [0.15, 0.2) is 0 Å². The van der Waals surface area contributed by atoms with E-state index in [2.05, 4.69) is 20.3 Å². The number of benzene rings is 1. The fourth-order valence-electron chi connectivity index (χ4n) is 5.07. The molecule has 168 valence electrons. The van der Waals surface area contributed by atoms with Crippen molar-refractivity contribution in [3.63, 3.8) is 0 Å². The molecule has 5 rings (SSSR count). The Hall–Kier alpha value is -2.93. The van der Waals surface area contributed by atoms with Crippen LogP contribution in [-0.4, -0.2) is 51.2 Å². The van der Waals surface area contributed by atoms with Gasteiger partial charge in [-0.15, -0.1) is 0 Å². The Morgan fingerprint density at radius 2 is 2.00 bits per heavy atom. The highest BCUT2D eigenvalue weighted by molar-refractivity contribution is 5.97. The van der Waals surface area contributed by atoms with Gasteiger partial charge in [-0.25, -0.2) is 4.68 Å². The summed E-state index contributed by atoms with van der Waals surface area (Å²) in [6.07, 6.45) is 9.52. The number of aromatic amines is 1. The first-order valence-corrected chi connectivity index (χ1v) is 11.9. The van der Waals surface area contributed by atoms with Crippen molar-refractivity contribution >= 4 is 16.8 Å². The van der Waals surface area contributed by atoms with Gasteiger partial charge in [0.05, 0.1) is 12.2 Å². The van der Waals surface area contributed by atoms with Gasteiger partial charge in [-0.1, -0.05) is 12.5 Å². The van der Waals surface area contributed by atoms with Crippen molar-refractivity contribution in [2.75, 3.05) is 19.6 Å². The molecule has 0 spiro atoms. The molecule has 2 aromatic heterocycles. The maximum atomic E-state index is 12.7. The van der Waals surface area contributed by atoms with Gasteiger partial charge in [-0.2, -0.15) is 5.10 Å². The number of aryl methyl sites for hydroxylation is 2. The average molecular weight is 434 g/mol. The molecule has 2 aliphatic rings. The Morgan fingerprint density at radius 1 is 1.09 bits per heavy atom. The molecule has 0 bridgehead atoms. The standard InChI is InChI=1S/C25H31N5O2/c31-24-16-19-5-1-2-7-22(19)28-30(24)14-13-29-12-4-3-6-21(29)17-27-25(32)20-9-8-18-10-11-26-23(18)15-20/h8-11,15-16,21,26H,1-7,12-14,17H2,(H,27,32).